The fraction of sp³-hybridized carbons (Fsp3) is 0.714. The molecule has 0 bridgehead atoms. The van der Waals surface area contributed by atoms with Gasteiger partial charge in [0, 0.05) is 13.1 Å². The van der Waals surface area contributed by atoms with Crippen molar-refractivity contribution < 1.29 is 4.74 Å². The van der Waals surface area contributed by atoms with Crippen LogP contribution in [0.2, 0.25) is 0 Å². The first-order valence-electron chi connectivity index (χ1n) is 13.9. The van der Waals surface area contributed by atoms with Gasteiger partial charge in [-0.3, -0.25) is 4.99 Å². The molecule has 0 spiro atoms. The van der Waals surface area contributed by atoms with E-state index < -0.39 is 0 Å². The van der Waals surface area contributed by atoms with Gasteiger partial charge >= 0.3 is 0 Å². The third-order valence-corrected chi connectivity index (χ3v) is 8.76. The summed E-state index contributed by atoms with van der Waals surface area (Å²) in [5.74, 6) is 4.05. The molecule has 3 fully saturated rings. The van der Waals surface area contributed by atoms with Gasteiger partial charge in [-0.2, -0.15) is 4.98 Å². The highest BCUT2D eigenvalue weighted by Crippen LogP contribution is 2.35. The second-order valence-electron chi connectivity index (χ2n) is 11.3. The Kier molecular flexibility index (Phi) is 7.51. The molecule has 2 atom stereocenters. The van der Waals surface area contributed by atoms with Crippen LogP contribution in [0, 0.1) is 17.8 Å². The molecule has 7 heteroatoms. The van der Waals surface area contributed by atoms with Crippen molar-refractivity contribution in [2.24, 2.45) is 28.5 Å². The first kappa shape index (κ1) is 24.4. The van der Waals surface area contributed by atoms with E-state index in [1.807, 2.05) is 0 Å². The lowest BCUT2D eigenvalue weighted by Gasteiger charge is -2.38. The van der Waals surface area contributed by atoms with Gasteiger partial charge in [0.05, 0.1) is 25.3 Å². The van der Waals surface area contributed by atoms with Crippen LogP contribution < -0.4 is 16.4 Å². The second kappa shape index (κ2) is 10.8. The molecule has 4 aliphatic rings. The fourth-order valence-corrected chi connectivity index (χ4v) is 6.20. The quantitative estimate of drug-likeness (QED) is 0.437. The zero-order valence-electron chi connectivity index (χ0n) is 21.7. The van der Waals surface area contributed by atoms with Crippen LogP contribution in [0.3, 0.4) is 0 Å². The van der Waals surface area contributed by atoms with Crippen LogP contribution in [-0.4, -0.2) is 47.2 Å². The van der Waals surface area contributed by atoms with Gasteiger partial charge in [-0.25, -0.2) is 0 Å². The van der Waals surface area contributed by atoms with Crippen LogP contribution in [0.15, 0.2) is 28.8 Å². The van der Waals surface area contributed by atoms with E-state index in [-0.39, 0.29) is 12.1 Å². The SMILES string of the molecule is CC1CCC(Cn2c(N3CCOCC3C3=CCCC=C3)nc(N)c2C(N)=NC(C)C2CCC2)CC1. The standard InChI is InChI=1S/C28H44N6O/c1-19-11-13-21(14-12-19)17-34-25(26(29)31-20(2)22-9-6-10-22)27(30)32-28(34)33-15-16-35-18-24(33)23-7-4-3-5-8-23/h4,7-8,19-22,24H,3,5-6,9-18,30H2,1-2H3,(H2,29,31). The lowest BCUT2D eigenvalue weighted by atomic mass is 9.81. The average Bonchev–Trinajstić information content (AvgIpc) is 3.15. The normalized spacial score (nSPS) is 29.1. The van der Waals surface area contributed by atoms with Crippen molar-refractivity contribution in [2.75, 3.05) is 30.4 Å². The average molecular weight is 481 g/mol. The number of ether oxygens (including phenoxy) is 1. The molecule has 35 heavy (non-hydrogen) atoms. The molecule has 2 heterocycles. The van der Waals surface area contributed by atoms with E-state index >= 15 is 0 Å². The Morgan fingerprint density at radius 1 is 1.20 bits per heavy atom. The highest BCUT2D eigenvalue weighted by atomic mass is 16.5. The van der Waals surface area contributed by atoms with E-state index in [0.717, 1.165) is 43.5 Å². The summed E-state index contributed by atoms with van der Waals surface area (Å²) in [5.41, 5.74) is 15.5. The number of anilines is 2. The minimum absolute atomic E-state index is 0.146. The Hall–Kier alpha value is -2.28. The van der Waals surface area contributed by atoms with Gasteiger partial charge in [-0.05, 0) is 68.8 Å². The van der Waals surface area contributed by atoms with Crippen molar-refractivity contribution in [1.29, 1.82) is 0 Å². The number of nitrogens with zero attached hydrogens (tertiary/aromatic N) is 4. The van der Waals surface area contributed by atoms with Gasteiger partial charge in [0.25, 0.3) is 0 Å². The lowest BCUT2D eigenvalue weighted by Crippen LogP contribution is -2.48. The maximum atomic E-state index is 6.71. The number of hydrogen-bond acceptors (Lipinski definition) is 5. The highest BCUT2D eigenvalue weighted by Gasteiger charge is 2.33. The summed E-state index contributed by atoms with van der Waals surface area (Å²) in [6, 6.07) is 0.367. The predicted octanol–water partition coefficient (Wildman–Crippen LogP) is 4.67. The summed E-state index contributed by atoms with van der Waals surface area (Å²) in [6.45, 7) is 7.62. The largest absolute Gasteiger partial charge is 0.382 e. The molecule has 1 aromatic heterocycles. The molecular weight excluding hydrogens is 436 g/mol. The number of rotatable bonds is 7. The topological polar surface area (TPSA) is 94.7 Å². The third kappa shape index (κ3) is 5.30. The molecule has 1 saturated heterocycles. The minimum atomic E-state index is 0.146. The number of imidazole rings is 1. The Morgan fingerprint density at radius 2 is 2.00 bits per heavy atom. The number of nitrogen functional groups attached to an aromatic ring is 1. The van der Waals surface area contributed by atoms with Gasteiger partial charge in [-0.1, -0.05) is 44.4 Å². The summed E-state index contributed by atoms with van der Waals surface area (Å²) in [6.07, 6.45) is 17.9. The summed E-state index contributed by atoms with van der Waals surface area (Å²) in [4.78, 5) is 12.3. The van der Waals surface area contributed by atoms with Crippen molar-refractivity contribution >= 4 is 17.6 Å². The molecule has 2 saturated carbocycles. The molecule has 7 nitrogen and oxygen atoms in total. The Balaban J connectivity index is 1.50. The minimum Gasteiger partial charge on any atom is -0.382 e. The number of morpholine rings is 1. The molecule has 5 rings (SSSR count). The molecule has 0 amide bonds. The zero-order chi connectivity index (χ0) is 24.4. The van der Waals surface area contributed by atoms with Gasteiger partial charge in [0.15, 0.2) is 5.82 Å². The maximum Gasteiger partial charge on any atom is 0.208 e. The molecule has 2 unspecified atom stereocenters. The fourth-order valence-electron chi connectivity index (χ4n) is 6.20. The molecule has 1 aliphatic heterocycles. The van der Waals surface area contributed by atoms with Gasteiger partial charge in [0.2, 0.25) is 5.95 Å². The predicted molar refractivity (Wildman–Crippen MR) is 144 cm³/mol. The number of nitrogens with two attached hydrogens (primary N) is 2. The molecule has 192 valence electrons. The number of aliphatic imine (C=N–C) groups is 1. The van der Waals surface area contributed by atoms with Crippen LogP contribution in [0.4, 0.5) is 11.8 Å². The van der Waals surface area contributed by atoms with E-state index in [1.54, 1.807) is 0 Å². The van der Waals surface area contributed by atoms with Gasteiger partial charge < -0.3 is 25.7 Å². The van der Waals surface area contributed by atoms with Crippen molar-refractivity contribution in [3.63, 3.8) is 0 Å². The molecule has 3 aliphatic carbocycles. The number of amidine groups is 1. The third-order valence-electron chi connectivity index (χ3n) is 8.76. The molecule has 0 aromatic carbocycles. The van der Waals surface area contributed by atoms with Crippen LogP contribution in [0.1, 0.15) is 77.3 Å². The number of allylic oxidation sites excluding steroid dienone is 2. The smallest absolute Gasteiger partial charge is 0.208 e. The van der Waals surface area contributed by atoms with Crippen LogP contribution >= 0.6 is 0 Å². The van der Waals surface area contributed by atoms with Crippen molar-refractivity contribution in [2.45, 2.75) is 90.3 Å². The molecule has 4 N–H and O–H groups in total. The number of aromatic nitrogens is 2. The van der Waals surface area contributed by atoms with Gasteiger partial charge in [0.1, 0.15) is 11.5 Å². The van der Waals surface area contributed by atoms with E-state index in [1.165, 1.54) is 50.5 Å². The summed E-state index contributed by atoms with van der Waals surface area (Å²) in [5, 5.41) is 0. The summed E-state index contributed by atoms with van der Waals surface area (Å²) < 4.78 is 8.25. The van der Waals surface area contributed by atoms with Crippen molar-refractivity contribution in [1.82, 2.24) is 9.55 Å². The molecule has 0 radical (unpaired) electrons. The van der Waals surface area contributed by atoms with Crippen LogP contribution in [0.5, 0.6) is 0 Å². The zero-order valence-corrected chi connectivity index (χ0v) is 21.7. The van der Waals surface area contributed by atoms with Crippen molar-refractivity contribution in [3.05, 3.63) is 29.5 Å². The van der Waals surface area contributed by atoms with E-state index in [2.05, 4.69) is 41.5 Å². The molecule has 1 aromatic rings. The Labute approximate surface area is 210 Å². The maximum absolute atomic E-state index is 6.71. The van der Waals surface area contributed by atoms with Crippen molar-refractivity contribution in [3.8, 4) is 0 Å². The first-order valence-corrected chi connectivity index (χ1v) is 13.9. The Bertz CT molecular complexity index is 966. The molecular formula is C28H44N6O. The highest BCUT2D eigenvalue weighted by molar-refractivity contribution is 6.00. The number of hydrogen-bond donors (Lipinski definition) is 2. The monoisotopic (exact) mass is 480 g/mol. The second-order valence-corrected chi connectivity index (χ2v) is 11.3. The van der Waals surface area contributed by atoms with Crippen LogP contribution in [-0.2, 0) is 11.3 Å². The lowest BCUT2D eigenvalue weighted by molar-refractivity contribution is 0.102. The summed E-state index contributed by atoms with van der Waals surface area (Å²) in [7, 11) is 0. The Morgan fingerprint density at radius 3 is 2.69 bits per heavy atom. The first-order chi connectivity index (χ1) is 17.0. The van der Waals surface area contributed by atoms with E-state index in [4.69, 9.17) is 26.2 Å². The van der Waals surface area contributed by atoms with E-state index in [9.17, 15) is 0 Å². The van der Waals surface area contributed by atoms with E-state index in [0.29, 0.717) is 36.7 Å². The van der Waals surface area contributed by atoms with Crippen LogP contribution in [0.25, 0.3) is 0 Å². The summed E-state index contributed by atoms with van der Waals surface area (Å²) >= 11 is 0. The van der Waals surface area contributed by atoms with Gasteiger partial charge in [-0.15, -0.1) is 0 Å².